The van der Waals surface area contributed by atoms with Crippen molar-refractivity contribution in [2.24, 2.45) is 5.73 Å². The highest BCUT2D eigenvalue weighted by Crippen LogP contribution is 2.14. The zero-order chi connectivity index (χ0) is 12.7. The van der Waals surface area contributed by atoms with Gasteiger partial charge >= 0.3 is 0 Å². The molecule has 0 aromatic heterocycles. The molecular weight excluding hydrogens is 216 g/mol. The molecular formula is C13H20N2O2. The Morgan fingerprint density at radius 3 is 2.82 bits per heavy atom. The molecule has 0 fully saturated rings. The predicted molar refractivity (Wildman–Crippen MR) is 68.7 cm³/mol. The summed E-state index contributed by atoms with van der Waals surface area (Å²) in [5, 5.41) is 2.83. The number of ether oxygens (including phenoxy) is 1. The molecule has 1 aromatic carbocycles. The van der Waals surface area contributed by atoms with Crippen molar-refractivity contribution in [3.8, 4) is 0 Å². The van der Waals surface area contributed by atoms with Gasteiger partial charge < -0.3 is 15.8 Å². The molecule has 0 saturated heterocycles. The predicted octanol–water partition coefficient (Wildman–Crippen LogP) is 1.90. The minimum atomic E-state index is -0.444. The molecule has 0 radical (unpaired) electrons. The highest BCUT2D eigenvalue weighted by Gasteiger charge is 2.13. The van der Waals surface area contributed by atoms with Crippen molar-refractivity contribution in [1.29, 1.82) is 0 Å². The van der Waals surface area contributed by atoms with Gasteiger partial charge in [-0.1, -0.05) is 25.1 Å². The van der Waals surface area contributed by atoms with E-state index in [0.29, 0.717) is 13.2 Å². The maximum absolute atomic E-state index is 11.8. The van der Waals surface area contributed by atoms with Gasteiger partial charge in [0.25, 0.3) is 5.91 Å². The molecule has 17 heavy (non-hydrogen) atoms. The third-order valence-electron chi connectivity index (χ3n) is 2.44. The van der Waals surface area contributed by atoms with E-state index in [9.17, 15) is 4.79 Å². The highest BCUT2D eigenvalue weighted by molar-refractivity contribution is 5.94. The number of para-hydroxylation sites is 1. The number of anilines is 1. The Balaban J connectivity index is 2.61. The van der Waals surface area contributed by atoms with Gasteiger partial charge in [-0.2, -0.15) is 0 Å². The number of carbonyl (C=O) groups is 1. The molecule has 1 amide bonds. The second kappa shape index (κ2) is 7.04. The molecule has 0 heterocycles. The van der Waals surface area contributed by atoms with Crippen molar-refractivity contribution in [3.05, 3.63) is 29.8 Å². The van der Waals surface area contributed by atoms with Crippen LogP contribution in [0.5, 0.6) is 0 Å². The number of rotatable bonds is 6. The number of nitrogens with one attached hydrogen (secondary N) is 1. The van der Waals surface area contributed by atoms with Gasteiger partial charge in [-0.25, -0.2) is 0 Å². The first-order valence-corrected chi connectivity index (χ1v) is 5.89. The van der Waals surface area contributed by atoms with Gasteiger partial charge in [0.2, 0.25) is 0 Å². The fourth-order valence-corrected chi connectivity index (χ4v) is 1.42. The quantitative estimate of drug-likeness (QED) is 0.793. The lowest BCUT2D eigenvalue weighted by Crippen LogP contribution is -2.28. The molecule has 0 spiro atoms. The van der Waals surface area contributed by atoms with Crippen molar-refractivity contribution in [2.45, 2.75) is 32.9 Å². The van der Waals surface area contributed by atoms with Crippen LogP contribution in [0.2, 0.25) is 0 Å². The van der Waals surface area contributed by atoms with Gasteiger partial charge in [-0.3, -0.25) is 4.79 Å². The second-order valence-corrected chi connectivity index (χ2v) is 3.86. The van der Waals surface area contributed by atoms with Crippen LogP contribution in [0.4, 0.5) is 5.69 Å². The van der Waals surface area contributed by atoms with Crippen molar-refractivity contribution < 1.29 is 9.53 Å². The summed E-state index contributed by atoms with van der Waals surface area (Å²) in [7, 11) is 0. The minimum absolute atomic E-state index is 0.139. The highest BCUT2D eigenvalue weighted by atomic mass is 16.5. The first kappa shape index (κ1) is 13.7. The first-order chi connectivity index (χ1) is 8.19. The van der Waals surface area contributed by atoms with E-state index >= 15 is 0 Å². The smallest absolute Gasteiger partial charge is 0.253 e. The van der Waals surface area contributed by atoms with Crippen LogP contribution in [0.3, 0.4) is 0 Å². The first-order valence-electron chi connectivity index (χ1n) is 5.89. The summed E-state index contributed by atoms with van der Waals surface area (Å²) in [5.74, 6) is -0.139. The van der Waals surface area contributed by atoms with Crippen LogP contribution in [0.25, 0.3) is 0 Å². The fraction of sp³-hybridized carbons (Fsp3) is 0.462. The average Bonchev–Trinajstić information content (AvgIpc) is 2.36. The Morgan fingerprint density at radius 1 is 1.47 bits per heavy atom. The van der Waals surface area contributed by atoms with Crippen molar-refractivity contribution in [2.75, 3.05) is 11.9 Å². The minimum Gasteiger partial charge on any atom is -0.369 e. The molecule has 1 atom stereocenters. The molecule has 1 unspecified atom stereocenters. The molecule has 1 rings (SSSR count). The summed E-state index contributed by atoms with van der Waals surface area (Å²) in [6.07, 6.45) is 0.456. The summed E-state index contributed by atoms with van der Waals surface area (Å²) in [4.78, 5) is 11.8. The van der Waals surface area contributed by atoms with Gasteiger partial charge in [-0.15, -0.1) is 0 Å². The Morgan fingerprint density at radius 2 is 2.18 bits per heavy atom. The zero-order valence-electron chi connectivity index (χ0n) is 10.4. The van der Waals surface area contributed by atoms with Crippen LogP contribution >= 0.6 is 0 Å². The Labute approximate surface area is 102 Å². The molecule has 0 saturated carbocycles. The summed E-state index contributed by atoms with van der Waals surface area (Å²) < 4.78 is 5.36. The number of carbonyl (C=O) groups excluding carboxylic acids is 1. The van der Waals surface area contributed by atoms with Crippen molar-refractivity contribution in [1.82, 2.24) is 0 Å². The lowest BCUT2D eigenvalue weighted by atomic mass is 10.1. The lowest BCUT2D eigenvalue weighted by Gasteiger charge is -2.14. The van der Waals surface area contributed by atoms with Gasteiger partial charge in [0.15, 0.2) is 0 Å². The number of amides is 1. The van der Waals surface area contributed by atoms with E-state index in [-0.39, 0.29) is 5.91 Å². The molecule has 4 nitrogen and oxygen atoms in total. The van der Waals surface area contributed by atoms with Crippen LogP contribution in [0, 0.1) is 0 Å². The van der Waals surface area contributed by atoms with Crippen LogP contribution in [-0.4, -0.2) is 18.6 Å². The van der Waals surface area contributed by atoms with Gasteiger partial charge in [0.05, 0.1) is 0 Å². The van der Waals surface area contributed by atoms with E-state index in [1.54, 1.807) is 6.92 Å². The van der Waals surface area contributed by atoms with Crippen LogP contribution < -0.4 is 11.1 Å². The normalized spacial score (nSPS) is 12.2. The Hall–Kier alpha value is -1.39. The third-order valence-corrected chi connectivity index (χ3v) is 2.44. The van der Waals surface area contributed by atoms with Crippen molar-refractivity contribution in [3.63, 3.8) is 0 Å². The maximum atomic E-state index is 11.8. The molecule has 0 bridgehead atoms. The van der Waals surface area contributed by atoms with Gasteiger partial charge in [-0.05, 0) is 25.0 Å². The van der Waals surface area contributed by atoms with Gasteiger partial charge in [0.1, 0.15) is 6.10 Å². The SMILES string of the molecule is CCCOC(C)C(=O)Nc1ccccc1CN. The number of hydrogen-bond acceptors (Lipinski definition) is 3. The summed E-state index contributed by atoms with van der Waals surface area (Å²) in [5.41, 5.74) is 7.28. The summed E-state index contributed by atoms with van der Waals surface area (Å²) in [6.45, 7) is 4.75. The Bertz CT molecular complexity index is 366. The number of nitrogens with two attached hydrogens (primary N) is 1. The summed E-state index contributed by atoms with van der Waals surface area (Å²) >= 11 is 0. The lowest BCUT2D eigenvalue weighted by molar-refractivity contribution is -0.126. The van der Waals surface area contributed by atoms with Crippen LogP contribution in [-0.2, 0) is 16.1 Å². The monoisotopic (exact) mass is 236 g/mol. The summed E-state index contributed by atoms with van der Waals surface area (Å²) in [6, 6.07) is 7.50. The molecule has 94 valence electrons. The van der Waals surface area contributed by atoms with E-state index in [4.69, 9.17) is 10.5 Å². The number of benzene rings is 1. The molecule has 1 aromatic rings. The molecule has 0 aliphatic rings. The largest absolute Gasteiger partial charge is 0.369 e. The van der Waals surface area contributed by atoms with Crippen molar-refractivity contribution >= 4 is 11.6 Å². The van der Waals surface area contributed by atoms with E-state index in [1.807, 2.05) is 31.2 Å². The molecule has 4 heteroatoms. The number of hydrogen-bond donors (Lipinski definition) is 2. The fourth-order valence-electron chi connectivity index (χ4n) is 1.42. The zero-order valence-corrected chi connectivity index (χ0v) is 10.4. The standard InChI is InChI=1S/C13H20N2O2/c1-3-8-17-10(2)13(16)15-12-7-5-4-6-11(12)9-14/h4-7,10H,3,8-9,14H2,1-2H3,(H,15,16). The molecule has 0 aliphatic heterocycles. The maximum Gasteiger partial charge on any atom is 0.253 e. The third kappa shape index (κ3) is 4.17. The van der Waals surface area contributed by atoms with Crippen LogP contribution in [0.15, 0.2) is 24.3 Å². The van der Waals surface area contributed by atoms with Gasteiger partial charge in [0, 0.05) is 18.8 Å². The van der Waals surface area contributed by atoms with Crippen LogP contribution in [0.1, 0.15) is 25.8 Å². The Kier molecular flexibility index (Phi) is 5.66. The second-order valence-electron chi connectivity index (χ2n) is 3.86. The van der Waals surface area contributed by atoms with E-state index in [1.165, 1.54) is 0 Å². The topological polar surface area (TPSA) is 64.3 Å². The van der Waals surface area contributed by atoms with E-state index < -0.39 is 6.10 Å². The van der Waals surface area contributed by atoms with E-state index in [0.717, 1.165) is 17.7 Å². The molecule has 3 N–H and O–H groups in total. The van der Waals surface area contributed by atoms with E-state index in [2.05, 4.69) is 5.32 Å². The molecule has 0 aliphatic carbocycles. The average molecular weight is 236 g/mol.